The van der Waals surface area contributed by atoms with Crippen molar-refractivity contribution in [2.45, 2.75) is 18.7 Å². The Morgan fingerprint density at radius 1 is 1.27 bits per heavy atom. The fourth-order valence-electron chi connectivity index (χ4n) is 2.40. The van der Waals surface area contributed by atoms with E-state index >= 15 is 0 Å². The van der Waals surface area contributed by atoms with E-state index in [1.54, 1.807) is 24.3 Å². The van der Waals surface area contributed by atoms with Crippen molar-refractivity contribution in [3.8, 4) is 5.88 Å². The average molecular weight is 366 g/mol. The van der Waals surface area contributed by atoms with E-state index in [0.29, 0.717) is 11.1 Å². The topological polar surface area (TPSA) is 77.5 Å². The number of esters is 1. The van der Waals surface area contributed by atoms with Gasteiger partial charge in [0, 0.05) is 12.5 Å². The normalized spacial score (nSPS) is 16.4. The fraction of sp³-hybridized carbons (Fsp3) is 0.235. The van der Waals surface area contributed by atoms with Gasteiger partial charge in [-0.1, -0.05) is 18.2 Å². The van der Waals surface area contributed by atoms with Gasteiger partial charge in [0.2, 0.25) is 5.88 Å². The lowest BCUT2D eigenvalue weighted by Crippen LogP contribution is -2.37. The first-order chi connectivity index (χ1) is 12.3. The zero-order valence-corrected chi connectivity index (χ0v) is 13.2. The van der Waals surface area contributed by atoms with Gasteiger partial charge >= 0.3 is 12.1 Å². The smallest absolute Gasteiger partial charge is 0.422 e. The molecule has 0 bridgehead atoms. The van der Waals surface area contributed by atoms with Crippen molar-refractivity contribution in [3.63, 3.8) is 0 Å². The number of benzene rings is 1. The van der Waals surface area contributed by atoms with Crippen LogP contribution in [0.5, 0.6) is 5.88 Å². The third kappa shape index (κ3) is 4.29. The van der Waals surface area contributed by atoms with E-state index in [9.17, 15) is 22.8 Å². The van der Waals surface area contributed by atoms with Crippen molar-refractivity contribution < 1.29 is 32.2 Å². The maximum atomic E-state index is 12.3. The number of nitrogens with one attached hydrogen (secondary N) is 1. The molecule has 1 amide bonds. The van der Waals surface area contributed by atoms with Crippen LogP contribution in [-0.4, -0.2) is 35.7 Å². The number of aromatic nitrogens is 1. The molecule has 1 atom stereocenters. The zero-order valence-electron chi connectivity index (χ0n) is 13.2. The first kappa shape index (κ1) is 17.7. The van der Waals surface area contributed by atoms with Crippen molar-refractivity contribution >= 4 is 17.6 Å². The monoisotopic (exact) mass is 366 g/mol. The summed E-state index contributed by atoms with van der Waals surface area (Å²) in [4.78, 5) is 27.9. The number of ether oxygens (including phenoxy) is 2. The summed E-state index contributed by atoms with van der Waals surface area (Å²) in [6.07, 6.45) is -4.08. The number of halogens is 3. The van der Waals surface area contributed by atoms with Crippen LogP contribution in [0, 0.1) is 0 Å². The van der Waals surface area contributed by atoms with Gasteiger partial charge in [0.25, 0.3) is 5.91 Å². The predicted octanol–water partition coefficient (Wildman–Crippen LogP) is 2.74. The minimum Gasteiger partial charge on any atom is -0.468 e. The summed E-state index contributed by atoms with van der Waals surface area (Å²) in [6, 6.07) is 9.36. The summed E-state index contributed by atoms with van der Waals surface area (Å²) in [5, 5.41) is 2.51. The Kier molecular flexibility index (Phi) is 4.79. The molecule has 1 aromatic carbocycles. The maximum Gasteiger partial charge on any atom is 0.422 e. The average Bonchev–Trinajstić information content (AvgIpc) is 2.60. The molecule has 1 aliphatic rings. The second kappa shape index (κ2) is 7.03. The SMILES string of the molecule is O=C1O[C@H](C(=O)Nc2ccc(OCC(F)(F)F)nc2)Cc2ccccc21. The molecule has 0 unspecified atom stereocenters. The van der Waals surface area contributed by atoms with Crippen LogP contribution in [0.1, 0.15) is 15.9 Å². The molecule has 0 fully saturated rings. The summed E-state index contributed by atoms with van der Waals surface area (Å²) < 4.78 is 45.9. The number of hydrogen-bond donors (Lipinski definition) is 1. The van der Waals surface area contributed by atoms with E-state index in [1.807, 2.05) is 0 Å². The maximum absolute atomic E-state index is 12.3. The van der Waals surface area contributed by atoms with Gasteiger partial charge in [-0.2, -0.15) is 13.2 Å². The number of alkyl halides is 3. The van der Waals surface area contributed by atoms with Gasteiger partial charge in [-0.15, -0.1) is 0 Å². The van der Waals surface area contributed by atoms with Crippen LogP contribution in [0.15, 0.2) is 42.6 Å². The molecule has 0 spiro atoms. The van der Waals surface area contributed by atoms with E-state index in [2.05, 4.69) is 15.0 Å². The van der Waals surface area contributed by atoms with Crippen molar-refractivity contribution in [2.24, 2.45) is 0 Å². The molecule has 136 valence electrons. The highest BCUT2D eigenvalue weighted by molar-refractivity contribution is 5.99. The second-order valence-electron chi connectivity index (χ2n) is 5.53. The third-order valence-electron chi connectivity index (χ3n) is 3.57. The molecule has 9 heteroatoms. The lowest BCUT2D eigenvalue weighted by Gasteiger charge is -2.23. The molecule has 0 saturated carbocycles. The Hall–Kier alpha value is -3.10. The molecule has 0 saturated heterocycles. The molecule has 6 nitrogen and oxygen atoms in total. The molecule has 2 aromatic rings. The van der Waals surface area contributed by atoms with Crippen LogP contribution in [0.2, 0.25) is 0 Å². The molecule has 1 N–H and O–H groups in total. The molecule has 2 heterocycles. The minimum atomic E-state index is -4.46. The van der Waals surface area contributed by atoms with Gasteiger partial charge < -0.3 is 14.8 Å². The highest BCUT2D eigenvalue weighted by Crippen LogP contribution is 2.22. The van der Waals surface area contributed by atoms with Gasteiger partial charge in [-0.25, -0.2) is 9.78 Å². The lowest BCUT2D eigenvalue weighted by atomic mass is 9.98. The number of anilines is 1. The van der Waals surface area contributed by atoms with E-state index < -0.39 is 30.8 Å². The summed E-state index contributed by atoms with van der Waals surface area (Å²) in [5.41, 5.74) is 1.37. The van der Waals surface area contributed by atoms with E-state index in [-0.39, 0.29) is 18.0 Å². The number of rotatable bonds is 4. The first-order valence-electron chi connectivity index (χ1n) is 7.57. The third-order valence-corrected chi connectivity index (χ3v) is 3.57. The van der Waals surface area contributed by atoms with Crippen LogP contribution in [-0.2, 0) is 16.0 Å². The van der Waals surface area contributed by atoms with Gasteiger partial charge in [-0.3, -0.25) is 4.79 Å². The van der Waals surface area contributed by atoms with Crippen LogP contribution in [0.3, 0.4) is 0 Å². The Morgan fingerprint density at radius 2 is 2.04 bits per heavy atom. The van der Waals surface area contributed by atoms with E-state index in [4.69, 9.17) is 4.74 Å². The zero-order chi connectivity index (χ0) is 18.7. The Balaban J connectivity index is 1.61. The van der Waals surface area contributed by atoms with Crippen LogP contribution in [0.25, 0.3) is 0 Å². The lowest BCUT2D eigenvalue weighted by molar-refractivity contribution is -0.154. The van der Waals surface area contributed by atoms with E-state index in [1.165, 1.54) is 12.1 Å². The number of carbonyl (C=O) groups is 2. The van der Waals surface area contributed by atoms with Crippen LogP contribution < -0.4 is 10.1 Å². The summed E-state index contributed by atoms with van der Waals surface area (Å²) in [6.45, 7) is -1.46. The molecule has 0 aliphatic carbocycles. The number of nitrogens with zero attached hydrogens (tertiary/aromatic N) is 1. The standard InChI is InChI=1S/C17H13F3N2O4/c18-17(19,20)9-25-14-6-5-11(8-21-14)22-15(23)13-7-10-3-1-2-4-12(10)16(24)26-13/h1-6,8,13H,7,9H2,(H,22,23)/t13-/m0/s1. The molecule has 3 rings (SSSR count). The van der Waals surface area contributed by atoms with Crippen LogP contribution >= 0.6 is 0 Å². The van der Waals surface area contributed by atoms with Gasteiger partial charge in [-0.05, 0) is 17.7 Å². The number of fused-ring (bicyclic) bond motifs is 1. The highest BCUT2D eigenvalue weighted by atomic mass is 19.4. The molecular formula is C17H13F3N2O4. The number of carbonyl (C=O) groups excluding carboxylic acids is 2. The minimum absolute atomic E-state index is 0.224. The quantitative estimate of drug-likeness (QED) is 0.842. The van der Waals surface area contributed by atoms with Gasteiger partial charge in [0.05, 0.1) is 17.4 Å². The summed E-state index contributed by atoms with van der Waals surface area (Å²) >= 11 is 0. The van der Waals surface area contributed by atoms with Crippen LogP contribution in [0.4, 0.5) is 18.9 Å². The first-order valence-corrected chi connectivity index (χ1v) is 7.57. The van der Waals surface area contributed by atoms with Crippen molar-refractivity contribution in [1.82, 2.24) is 4.98 Å². The Labute approximate surface area is 145 Å². The number of amides is 1. The number of hydrogen-bond acceptors (Lipinski definition) is 5. The Morgan fingerprint density at radius 3 is 2.73 bits per heavy atom. The molecule has 1 aliphatic heterocycles. The number of cyclic esters (lactones) is 1. The Bertz CT molecular complexity index is 822. The van der Waals surface area contributed by atoms with E-state index in [0.717, 1.165) is 6.20 Å². The van der Waals surface area contributed by atoms with Crippen molar-refractivity contribution in [2.75, 3.05) is 11.9 Å². The summed E-state index contributed by atoms with van der Waals surface area (Å²) in [7, 11) is 0. The highest BCUT2D eigenvalue weighted by Gasteiger charge is 2.31. The van der Waals surface area contributed by atoms with Gasteiger partial charge in [0.15, 0.2) is 12.7 Å². The van der Waals surface area contributed by atoms with Gasteiger partial charge in [0.1, 0.15) is 0 Å². The largest absolute Gasteiger partial charge is 0.468 e. The van der Waals surface area contributed by atoms with Crippen molar-refractivity contribution in [3.05, 3.63) is 53.7 Å². The molecule has 1 aromatic heterocycles. The number of pyridine rings is 1. The molecule has 0 radical (unpaired) electrons. The molecule has 26 heavy (non-hydrogen) atoms. The predicted molar refractivity (Wildman–Crippen MR) is 83.8 cm³/mol. The molecular weight excluding hydrogens is 353 g/mol. The summed E-state index contributed by atoms with van der Waals surface area (Å²) in [5.74, 6) is -1.36. The fourth-order valence-corrected chi connectivity index (χ4v) is 2.40. The second-order valence-corrected chi connectivity index (χ2v) is 5.53. The van der Waals surface area contributed by atoms with Crippen molar-refractivity contribution in [1.29, 1.82) is 0 Å².